The number of amides is 1. The molecule has 1 atom stereocenters. The summed E-state index contributed by atoms with van der Waals surface area (Å²) in [4.78, 5) is 17.0. The van der Waals surface area contributed by atoms with Crippen molar-refractivity contribution in [3.63, 3.8) is 0 Å². The van der Waals surface area contributed by atoms with Crippen LogP contribution in [0.1, 0.15) is 29.9 Å². The summed E-state index contributed by atoms with van der Waals surface area (Å²) in [6.45, 7) is 4.27. The lowest BCUT2D eigenvalue weighted by Gasteiger charge is -2.29. The van der Waals surface area contributed by atoms with Crippen LogP contribution in [0.4, 0.5) is 24.8 Å². The Kier molecular flexibility index (Phi) is 5.18. The zero-order valence-corrected chi connectivity index (χ0v) is 18.2. The van der Waals surface area contributed by atoms with Gasteiger partial charge in [0.05, 0.1) is 5.57 Å². The molecule has 0 aliphatic carbocycles. The molecule has 5 rings (SSSR count). The molecular weight excluding hydrogens is 451 g/mol. The number of anilines is 2. The molecule has 3 heterocycles. The quantitative estimate of drug-likeness (QED) is 0.592. The molecule has 2 aliphatic heterocycles. The Labute approximate surface area is 192 Å². The van der Waals surface area contributed by atoms with Crippen molar-refractivity contribution >= 4 is 17.5 Å². The second kappa shape index (κ2) is 8.08. The number of carbonyl (C=O) groups excluding carboxylic acids is 1. The molecule has 3 aromatic rings. The first-order chi connectivity index (χ1) is 16.2. The molecule has 0 bridgehead atoms. The van der Waals surface area contributed by atoms with Crippen LogP contribution in [-0.4, -0.2) is 33.9 Å². The third-order valence-electron chi connectivity index (χ3n) is 5.54. The Balaban J connectivity index is 1.60. The van der Waals surface area contributed by atoms with Crippen molar-refractivity contribution in [1.82, 2.24) is 14.8 Å². The van der Waals surface area contributed by atoms with Crippen LogP contribution >= 0.6 is 0 Å². The number of fused-ring (bicyclic) bond motifs is 2. The van der Waals surface area contributed by atoms with Gasteiger partial charge in [-0.15, -0.1) is 5.10 Å². The van der Waals surface area contributed by atoms with Crippen molar-refractivity contribution in [2.24, 2.45) is 0 Å². The second-order valence-electron chi connectivity index (χ2n) is 7.99. The smallest absolute Gasteiger partial charge is 0.453 e. The number of benzene rings is 2. The number of alkyl halides is 3. The fourth-order valence-electron chi connectivity index (χ4n) is 3.94. The average molecular weight is 471 g/mol. The van der Waals surface area contributed by atoms with Gasteiger partial charge >= 0.3 is 6.18 Å². The highest BCUT2D eigenvalue weighted by molar-refractivity contribution is 6.06. The number of carbonyl (C=O) groups is 1. The number of nitrogens with zero attached hydrogens (tertiary/aromatic N) is 3. The molecule has 0 saturated carbocycles. The monoisotopic (exact) mass is 471 g/mol. The van der Waals surface area contributed by atoms with E-state index >= 15 is 0 Å². The van der Waals surface area contributed by atoms with Gasteiger partial charge in [-0.1, -0.05) is 23.8 Å². The van der Waals surface area contributed by atoms with Gasteiger partial charge in [0.1, 0.15) is 19.3 Å². The van der Waals surface area contributed by atoms with E-state index in [2.05, 4.69) is 20.7 Å². The Hall–Kier alpha value is -4.02. The van der Waals surface area contributed by atoms with Gasteiger partial charge in [0.15, 0.2) is 11.5 Å². The standard InChI is InChI=1S/C23H20F3N5O3/c1-12-3-6-15(7-4-12)28-20(32)18-13(2)27-22-29-21(23(24,25)26)30-31(22)19(18)14-5-8-16-17(11-14)34-10-9-33-16/h3-8,11,19H,9-10H2,1-2H3,(H,28,32)(H,27,29,30). The van der Waals surface area contributed by atoms with Crippen LogP contribution in [0.3, 0.4) is 0 Å². The average Bonchev–Trinajstić information content (AvgIpc) is 3.23. The van der Waals surface area contributed by atoms with Crippen molar-refractivity contribution in [2.75, 3.05) is 23.8 Å². The molecule has 0 fully saturated rings. The molecule has 176 valence electrons. The number of rotatable bonds is 3. The van der Waals surface area contributed by atoms with Crippen molar-refractivity contribution in [3.05, 3.63) is 70.7 Å². The lowest BCUT2D eigenvalue weighted by Crippen LogP contribution is -2.31. The van der Waals surface area contributed by atoms with Gasteiger partial charge in [-0.3, -0.25) is 4.79 Å². The summed E-state index contributed by atoms with van der Waals surface area (Å²) in [5.74, 6) is -0.938. The zero-order chi connectivity index (χ0) is 24.0. The first-order valence-electron chi connectivity index (χ1n) is 10.5. The molecule has 1 aromatic heterocycles. The topological polar surface area (TPSA) is 90.3 Å². The Bertz CT molecular complexity index is 1300. The van der Waals surface area contributed by atoms with Crippen LogP contribution in [0.2, 0.25) is 0 Å². The number of halogens is 3. The molecular formula is C23H20F3N5O3. The Morgan fingerprint density at radius 1 is 1.09 bits per heavy atom. The molecule has 2 N–H and O–H groups in total. The van der Waals surface area contributed by atoms with Gasteiger partial charge in [0.25, 0.3) is 11.7 Å². The highest BCUT2D eigenvalue weighted by atomic mass is 19.4. The van der Waals surface area contributed by atoms with E-state index < -0.39 is 23.9 Å². The fraction of sp³-hybridized carbons (Fsp3) is 0.261. The van der Waals surface area contributed by atoms with Crippen LogP contribution in [0.5, 0.6) is 11.5 Å². The zero-order valence-electron chi connectivity index (χ0n) is 18.2. The van der Waals surface area contributed by atoms with Gasteiger partial charge in [0, 0.05) is 11.4 Å². The predicted molar refractivity (Wildman–Crippen MR) is 117 cm³/mol. The highest BCUT2D eigenvalue weighted by Gasteiger charge is 2.41. The minimum absolute atomic E-state index is 0.114. The summed E-state index contributed by atoms with van der Waals surface area (Å²) in [5, 5.41) is 9.32. The van der Waals surface area contributed by atoms with E-state index in [9.17, 15) is 18.0 Å². The van der Waals surface area contributed by atoms with E-state index in [1.165, 1.54) is 0 Å². The van der Waals surface area contributed by atoms with Crippen molar-refractivity contribution in [2.45, 2.75) is 26.1 Å². The maximum absolute atomic E-state index is 13.4. The van der Waals surface area contributed by atoms with Crippen LogP contribution in [0.15, 0.2) is 53.7 Å². The first kappa shape index (κ1) is 21.8. The summed E-state index contributed by atoms with van der Waals surface area (Å²) in [5.41, 5.74) is 2.63. The number of aromatic nitrogens is 3. The summed E-state index contributed by atoms with van der Waals surface area (Å²) >= 11 is 0. The van der Waals surface area contributed by atoms with E-state index in [1.807, 2.05) is 19.1 Å². The number of hydrogen-bond acceptors (Lipinski definition) is 6. The molecule has 0 radical (unpaired) electrons. The minimum Gasteiger partial charge on any atom is -0.486 e. The van der Waals surface area contributed by atoms with Crippen molar-refractivity contribution < 1.29 is 27.4 Å². The number of hydrogen-bond donors (Lipinski definition) is 2. The maximum Gasteiger partial charge on any atom is 0.453 e. The number of nitrogens with one attached hydrogen (secondary N) is 2. The number of ether oxygens (including phenoxy) is 2. The molecule has 1 unspecified atom stereocenters. The van der Waals surface area contributed by atoms with Crippen LogP contribution in [-0.2, 0) is 11.0 Å². The summed E-state index contributed by atoms with van der Waals surface area (Å²) in [6, 6.07) is 11.2. The van der Waals surface area contributed by atoms with Gasteiger partial charge < -0.3 is 20.1 Å². The molecule has 0 saturated heterocycles. The lowest BCUT2D eigenvalue weighted by molar-refractivity contribution is -0.145. The molecule has 34 heavy (non-hydrogen) atoms. The van der Waals surface area contributed by atoms with Crippen LogP contribution in [0.25, 0.3) is 0 Å². The first-order valence-corrected chi connectivity index (χ1v) is 10.5. The lowest BCUT2D eigenvalue weighted by atomic mass is 9.94. The van der Waals surface area contributed by atoms with Gasteiger partial charge in [0.2, 0.25) is 5.95 Å². The van der Waals surface area contributed by atoms with Crippen molar-refractivity contribution in [3.8, 4) is 11.5 Å². The normalized spacial score (nSPS) is 17.1. The van der Waals surface area contributed by atoms with E-state index in [0.717, 1.165) is 10.2 Å². The molecule has 1 amide bonds. The maximum atomic E-state index is 13.4. The Morgan fingerprint density at radius 2 is 1.79 bits per heavy atom. The minimum atomic E-state index is -4.75. The SMILES string of the molecule is CC1=C(C(=O)Nc2ccc(C)cc2)C(c2ccc3c(c2)OCCO3)n2nc(C(F)(F)F)nc2N1. The molecule has 2 aliphatic rings. The Morgan fingerprint density at radius 3 is 2.50 bits per heavy atom. The van der Waals surface area contributed by atoms with Gasteiger partial charge in [-0.2, -0.15) is 18.2 Å². The van der Waals surface area contributed by atoms with Gasteiger partial charge in [-0.25, -0.2) is 4.68 Å². The third kappa shape index (κ3) is 3.93. The fourth-order valence-corrected chi connectivity index (χ4v) is 3.94. The highest BCUT2D eigenvalue weighted by Crippen LogP contribution is 2.41. The molecule has 2 aromatic carbocycles. The summed E-state index contributed by atoms with van der Waals surface area (Å²) in [6.07, 6.45) is -4.75. The summed E-state index contributed by atoms with van der Waals surface area (Å²) < 4.78 is 52.5. The third-order valence-corrected chi connectivity index (χ3v) is 5.54. The second-order valence-corrected chi connectivity index (χ2v) is 7.99. The van der Waals surface area contributed by atoms with E-state index in [4.69, 9.17) is 9.47 Å². The molecule has 0 spiro atoms. The van der Waals surface area contributed by atoms with Crippen LogP contribution in [0, 0.1) is 6.92 Å². The van der Waals surface area contributed by atoms with Crippen molar-refractivity contribution in [1.29, 1.82) is 0 Å². The van der Waals surface area contributed by atoms with E-state index in [-0.39, 0.29) is 11.5 Å². The summed E-state index contributed by atoms with van der Waals surface area (Å²) in [7, 11) is 0. The predicted octanol–water partition coefficient (Wildman–Crippen LogP) is 4.30. The van der Waals surface area contributed by atoms with Gasteiger partial charge in [-0.05, 0) is 43.7 Å². The van der Waals surface area contributed by atoms with Crippen LogP contribution < -0.4 is 20.1 Å². The molecule has 11 heteroatoms. The number of allylic oxidation sites excluding steroid dienone is 1. The molecule has 8 nitrogen and oxygen atoms in total. The number of aryl methyl sites for hydroxylation is 1. The largest absolute Gasteiger partial charge is 0.486 e. The van der Waals surface area contributed by atoms with E-state index in [0.29, 0.717) is 41.7 Å². The van der Waals surface area contributed by atoms with E-state index in [1.54, 1.807) is 37.3 Å².